The van der Waals surface area contributed by atoms with Crippen LogP contribution < -0.4 is 64.6 Å². The molecule has 4 rings (SSSR count). The summed E-state index contributed by atoms with van der Waals surface area (Å²) in [5, 5.41) is 55.1. The molecule has 0 saturated carbocycles. The molecule has 4 aromatic rings. The van der Waals surface area contributed by atoms with E-state index in [1.165, 1.54) is 19.4 Å². The van der Waals surface area contributed by atoms with E-state index in [2.05, 4.69) is 63.1 Å². The van der Waals surface area contributed by atoms with Crippen molar-refractivity contribution in [2.45, 2.75) is 154 Å². The second-order valence-electron chi connectivity index (χ2n) is 23.1. The maximum Gasteiger partial charge on any atom is 0.252 e. The number of aryl methyl sites for hydroxylation is 1. The van der Waals surface area contributed by atoms with E-state index < -0.39 is 175 Å². The lowest BCUT2D eigenvalue weighted by molar-refractivity contribution is -0.136. The van der Waals surface area contributed by atoms with E-state index in [0.717, 1.165) is 18.2 Å². The van der Waals surface area contributed by atoms with Gasteiger partial charge in [-0.3, -0.25) is 57.5 Å². The number of aromatic nitrogens is 3. The summed E-state index contributed by atoms with van der Waals surface area (Å²) in [5.74, 6) is -12.1. The molecule has 0 aliphatic rings. The van der Waals surface area contributed by atoms with Gasteiger partial charge in [-0.25, -0.2) is 9.37 Å². The SMILES string of the molecule is CCC(C)[C@@H](CCC(=O)N[C@@H](CC(C)C)C(N)=O)NC(=O)[C@H](Cc1cncn1C)NC(=O)CNC(=O)[C@@H](NC(=O)[C@H](C)NC(=O)[C@H](Cc1c[nH]c2ccccc12)NC(=O)[C@H](CCC(N)=O)NC(=O)[C@H](CO)NC(=O)[C@H](CO)NC(=O)c1ccc([18F])c(C#N)c1)C(C)C. The number of H-pyrrole nitrogens is 1. The number of hydrogen-bond donors (Lipinski definition) is 15. The third-order valence-corrected chi connectivity index (χ3v) is 15.1. The van der Waals surface area contributed by atoms with Crippen LogP contribution in [0.2, 0.25) is 0 Å². The van der Waals surface area contributed by atoms with Gasteiger partial charge in [-0.05, 0) is 73.8 Å². The highest BCUT2D eigenvalue weighted by molar-refractivity contribution is 6.00. The van der Waals surface area contributed by atoms with Gasteiger partial charge in [0.25, 0.3) is 5.91 Å². The van der Waals surface area contributed by atoms with Crippen LogP contribution in [-0.2, 0) is 72.6 Å². The smallest absolute Gasteiger partial charge is 0.252 e. The maximum atomic E-state index is 14.4. The molecule has 0 fully saturated rings. The summed E-state index contributed by atoms with van der Waals surface area (Å²) < 4.78 is 15.6. The molecule has 0 aliphatic carbocycles. The highest BCUT2D eigenvalue weighted by atomic mass is 18.2. The number of amides is 12. The number of hydrogen-bond acceptors (Lipinski definition) is 16. The quantitative estimate of drug-likeness (QED) is 0.0227. The van der Waals surface area contributed by atoms with Gasteiger partial charge in [0.2, 0.25) is 65.0 Å². The summed E-state index contributed by atoms with van der Waals surface area (Å²) in [6, 6.07) is -0.942. The first-order valence-electron chi connectivity index (χ1n) is 30.0. The van der Waals surface area contributed by atoms with Crippen molar-refractivity contribution in [3.8, 4) is 6.07 Å². The molecule has 2 aromatic carbocycles. The minimum absolute atomic E-state index is 0.0289. The van der Waals surface area contributed by atoms with Crippen LogP contribution in [0.25, 0.3) is 10.9 Å². The van der Waals surface area contributed by atoms with Gasteiger partial charge in [-0.15, -0.1) is 0 Å². The Labute approximate surface area is 530 Å². The van der Waals surface area contributed by atoms with Crippen molar-refractivity contribution in [1.82, 2.24) is 67.7 Å². The summed E-state index contributed by atoms with van der Waals surface area (Å²) in [6.07, 6.45) is 4.44. The topological polar surface area (TPSA) is 475 Å². The lowest BCUT2D eigenvalue weighted by Gasteiger charge is -2.28. The number of nitrogens with one attached hydrogen (secondary N) is 11. The standard InChI is InChI=1S/C61H85FN16O14/c1-9-33(6)41(17-19-50(82)70-44(53(65)84)20-31(2)3)72-58(89)46(23-38-26-66-30-78(38)8)71-51(83)27-68-61(92)52(32(4)5)77-54(85)34(7)69-57(88)45(22-37-25-67-42-13-11-10-12-39(37)42)74-56(87)43(16-18-49(64)81)73-59(90)48(29-80)76-60(91)47(28-79)75-55(86)35-14-15-40(62)36(21-35)24-63/h10-15,21,25-26,30-34,41,43-48,52,67,79-80H,9,16-20,22-23,27-29H2,1-8H3,(H2,64,81)(H2,65,84)(H,68,92)(H,69,88)(H,70,82)(H,71,83)(H,72,89)(H,73,90)(H,74,87)(H,75,86)(H,76,91)(H,77,85)/t33?,34-,41+,43-,44-,45-,46-,47-,48-,52-/m0/s1/i62-1. The second-order valence-corrected chi connectivity index (χ2v) is 23.1. The van der Waals surface area contributed by atoms with Crippen molar-refractivity contribution in [2.75, 3.05) is 19.8 Å². The molecule has 92 heavy (non-hydrogen) atoms. The van der Waals surface area contributed by atoms with Gasteiger partial charge >= 0.3 is 0 Å². The zero-order valence-electron chi connectivity index (χ0n) is 52.6. The third kappa shape index (κ3) is 22.9. The number of aliphatic hydroxyl groups is 2. The van der Waals surface area contributed by atoms with Crippen molar-refractivity contribution in [2.24, 2.45) is 36.3 Å². The summed E-state index contributed by atoms with van der Waals surface area (Å²) >= 11 is 0. The summed E-state index contributed by atoms with van der Waals surface area (Å²) in [5.41, 5.74) is 11.9. The van der Waals surface area contributed by atoms with Gasteiger partial charge in [-0.1, -0.05) is 66.2 Å². The number of aromatic amines is 1. The zero-order valence-corrected chi connectivity index (χ0v) is 52.6. The van der Waals surface area contributed by atoms with Crippen LogP contribution in [0.3, 0.4) is 0 Å². The zero-order chi connectivity index (χ0) is 68.5. The average molecular weight is 1280 g/mol. The summed E-state index contributed by atoms with van der Waals surface area (Å²) in [7, 11) is 1.70. The average Bonchev–Trinajstić information content (AvgIpc) is 1.66. The Morgan fingerprint density at radius 1 is 0.674 bits per heavy atom. The maximum absolute atomic E-state index is 14.4. The Balaban J connectivity index is 1.47. The normalized spacial score (nSPS) is 14.4. The number of rotatable bonds is 37. The fraction of sp³-hybridized carbons (Fsp3) is 0.508. The van der Waals surface area contributed by atoms with Gasteiger partial charge in [0.1, 0.15) is 60.2 Å². The molecule has 500 valence electrons. The van der Waals surface area contributed by atoms with Crippen LogP contribution in [0.4, 0.5) is 4.39 Å². The molecule has 17 N–H and O–H groups in total. The lowest BCUT2D eigenvalue weighted by Crippen LogP contribution is -2.60. The highest BCUT2D eigenvalue weighted by Gasteiger charge is 2.35. The van der Waals surface area contributed by atoms with Crippen molar-refractivity contribution in [1.29, 1.82) is 5.26 Å². The Morgan fingerprint density at radius 2 is 1.27 bits per heavy atom. The number of fused-ring (bicyclic) bond motifs is 1. The number of carbonyl (C=O) groups excluding carboxylic acids is 12. The van der Waals surface area contributed by atoms with Crippen LogP contribution in [0, 0.1) is 34.9 Å². The molecule has 2 heterocycles. The van der Waals surface area contributed by atoms with Crippen molar-refractivity contribution in [3.05, 3.63) is 89.4 Å². The Morgan fingerprint density at radius 3 is 1.87 bits per heavy atom. The van der Waals surface area contributed by atoms with Gasteiger partial charge in [0.05, 0.1) is 31.6 Å². The number of primary amides is 2. The molecule has 0 spiro atoms. The van der Waals surface area contributed by atoms with E-state index in [-0.39, 0.29) is 43.1 Å². The monoisotopic (exact) mass is 1280 g/mol. The van der Waals surface area contributed by atoms with Gasteiger partial charge in [0.15, 0.2) is 0 Å². The number of aliphatic hydroxyl groups excluding tert-OH is 2. The van der Waals surface area contributed by atoms with Crippen molar-refractivity contribution < 1.29 is 72.1 Å². The van der Waals surface area contributed by atoms with E-state index in [4.69, 9.17) is 16.7 Å². The molecule has 10 atom stereocenters. The van der Waals surface area contributed by atoms with E-state index in [1.54, 1.807) is 62.0 Å². The predicted octanol–water partition coefficient (Wildman–Crippen LogP) is -2.23. The van der Waals surface area contributed by atoms with Crippen LogP contribution in [0.5, 0.6) is 0 Å². The first kappa shape index (κ1) is 74.6. The lowest BCUT2D eigenvalue weighted by atomic mass is 9.94. The van der Waals surface area contributed by atoms with Crippen molar-refractivity contribution >= 4 is 81.8 Å². The summed E-state index contributed by atoms with van der Waals surface area (Å²) in [4.78, 5) is 168. The van der Waals surface area contributed by atoms with E-state index in [9.17, 15) is 72.1 Å². The number of nitrogens with two attached hydrogens (primary N) is 2. The Hall–Kier alpha value is -9.83. The molecule has 0 bridgehead atoms. The van der Waals surface area contributed by atoms with E-state index in [1.807, 2.05) is 27.7 Å². The Kier molecular flexibility index (Phi) is 29.3. The number of imidazole rings is 1. The number of nitriles is 1. The summed E-state index contributed by atoms with van der Waals surface area (Å²) in [6.45, 7) is 9.27. The molecule has 1 unspecified atom stereocenters. The molecule has 2 aromatic heterocycles. The van der Waals surface area contributed by atoms with E-state index in [0.29, 0.717) is 35.0 Å². The minimum Gasteiger partial charge on any atom is -0.394 e. The van der Waals surface area contributed by atoms with Crippen LogP contribution in [0.15, 0.2) is 61.2 Å². The molecular weight excluding hydrogens is 1200 g/mol. The van der Waals surface area contributed by atoms with Gasteiger partial charge in [-0.2, -0.15) is 5.26 Å². The Bertz CT molecular complexity index is 3330. The van der Waals surface area contributed by atoms with Crippen LogP contribution >= 0.6 is 0 Å². The highest BCUT2D eigenvalue weighted by Crippen LogP contribution is 2.20. The molecular formula is C61H85FN16O14. The molecule has 12 amide bonds. The largest absolute Gasteiger partial charge is 0.394 e. The minimum atomic E-state index is -1.87. The van der Waals surface area contributed by atoms with Gasteiger partial charge in [0, 0.05) is 73.3 Å². The first-order valence-corrected chi connectivity index (χ1v) is 30.0. The number of carbonyl (C=O) groups is 12. The second kappa shape index (κ2) is 36.1. The fourth-order valence-electron chi connectivity index (χ4n) is 9.54. The van der Waals surface area contributed by atoms with Crippen LogP contribution in [0.1, 0.15) is 114 Å². The van der Waals surface area contributed by atoms with Gasteiger partial charge < -0.3 is 84.4 Å². The molecule has 0 aliphatic heterocycles. The molecule has 0 radical (unpaired) electrons. The number of nitrogens with zero attached hydrogens (tertiary/aromatic N) is 3. The van der Waals surface area contributed by atoms with Crippen molar-refractivity contribution in [3.63, 3.8) is 0 Å². The number of benzene rings is 2. The molecule has 31 heteroatoms. The number of para-hydroxylation sites is 1. The molecule has 0 saturated heterocycles. The number of halogens is 1. The van der Waals surface area contributed by atoms with Crippen LogP contribution in [-0.4, -0.2) is 170 Å². The third-order valence-electron chi connectivity index (χ3n) is 15.1. The first-order chi connectivity index (χ1) is 43.5. The molecule has 30 nitrogen and oxygen atoms in total. The fourth-order valence-corrected chi connectivity index (χ4v) is 9.54. The van der Waals surface area contributed by atoms with E-state index >= 15 is 0 Å². The predicted molar refractivity (Wildman–Crippen MR) is 330 cm³/mol.